The van der Waals surface area contributed by atoms with E-state index in [0.29, 0.717) is 30.5 Å². The highest BCUT2D eigenvalue weighted by atomic mass is 19.3. The van der Waals surface area contributed by atoms with Crippen LogP contribution in [0.1, 0.15) is 26.3 Å². The van der Waals surface area contributed by atoms with Gasteiger partial charge in [0.15, 0.2) is 0 Å². The van der Waals surface area contributed by atoms with E-state index in [9.17, 15) is 13.6 Å². The van der Waals surface area contributed by atoms with Crippen molar-refractivity contribution in [2.45, 2.75) is 26.7 Å². The minimum Gasteiger partial charge on any atom is -0.489 e. The molecule has 1 aliphatic rings. The van der Waals surface area contributed by atoms with E-state index in [0.717, 1.165) is 11.6 Å². The van der Waals surface area contributed by atoms with Crippen molar-refractivity contribution in [1.29, 1.82) is 0 Å². The van der Waals surface area contributed by atoms with Gasteiger partial charge < -0.3 is 10.1 Å². The molecule has 0 saturated carbocycles. The van der Waals surface area contributed by atoms with Gasteiger partial charge in [-0.2, -0.15) is 8.78 Å². The fourth-order valence-electron chi connectivity index (χ4n) is 2.48. The molecule has 0 unspecified atom stereocenters. The van der Waals surface area contributed by atoms with Crippen LogP contribution in [0, 0.1) is 5.92 Å². The molecule has 0 radical (unpaired) electrons. The van der Waals surface area contributed by atoms with E-state index >= 15 is 0 Å². The van der Waals surface area contributed by atoms with Crippen molar-refractivity contribution in [1.82, 2.24) is 5.32 Å². The lowest BCUT2D eigenvalue weighted by Crippen LogP contribution is -2.32. The molecule has 0 saturated heterocycles. The maximum Gasteiger partial charge on any atom is 0.291 e. The van der Waals surface area contributed by atoms with Crippen LogP contribution in [0.2, 0.25) is 0 Å². The molecule has 1 aromatic carbocycles. The SMILES string of the molecule is C/C=C/C(F)(F)c1cccc(OCC2=CCN=C(C(=O)NCC(C)C)C=C2)c1. The minimum atomic E-state index is -3.04. The number of halogens is 2. The van der Waals surface area contributed by atoms with Crippen LogP contribution in [0.4, 0.5) is 8.78 Å². The van der Waals surface area contributed by atoms with Crippen LogP contribution in [0.5, 0.6) is 5.75 Å². The molecule has 0 spiro atoms. The molecule has 150 valence electrons. The van der Waals surface area contributed by atoms with Crippen LogP contribution in [0.15, 0.2) is 65.2 Å². The Morgan fingerprint density at radius 1 is 1.36 bits per heavy atom. The summed E-state index contributed by atoms with van der Waals surface area (Å²) in [6, 6.07) is 5.88. The third-order valence-electron chi connectivity index (χ3n) is 3.97. The maximum atomic E-state index is 14.0. The van der Waals surface area contributed by atoms with E-state index in [1.165, 1.54) is 18.2 Å². The Morgan fingerprint density at radius 3 is 2.86 bits per heavy atom. The molecule has 0 atom stereocenters. The smallest absolute Gasteiger partial charge is 0.291 e. The molecule has 1 aliphatic heterocycles. The normalized spacial score (nSPS) is 14.6. The molecule has 6 heteroatoms. The highest BCUT2D eigenvalue weighted by Crippen LogP contribution is 2.31. The number of hydrogen-bond donors (Lipinski definition) is 1. The number of carbonyl (C=O) groups is 1. The average Bonchev–Trinajstić information content (AvgIpc) is 2.90. The van der Waals surface area contributed by atoms with Crippen molar-refractivity contribution < 1.29 is 18.3 Å². The first-order valence-corrected chi connectivity index (χ1v) is 9.26. The van der Waals surface area contributed by atoms with Crippen LogP contribution < -0.4 is 10.1 Å². The first kappa shape index (κ1) is 21.5. The monoisotopic (exact) mass is 388 g/mol. The Bertz CT molecular complexity index is 809. The number of benzene rings is 1. The lowest BCUT2D eigenvalue weighted by atomic mass is 10.1. The van der Waals surface area contributed by atoms with Crippen LogP contribution in [-0.2, 0) is 10.7 Å². The molecular formula is C22H26F2N2O2. The maximum absolute atomic E-state index is 14.0. The van der Waals surface area contributed by atoms with Crippen molar-refractivity contribution >= 4 is 11.6 Å². The largest absolute Gasteiger partial charge is 0.489 e. The number of allylic oxidation sites excluding steroid dienone is 2. The number of amides is 1. The summed E-state index contributed by atoms with van der Waals surface area (Å²) < 4.78 is 33.7. The Kier molecular flexibility index (Phi) is 7.67. The number of ether oxygens (including phenoxy) is 1. The second-order valence-electron chi connectivity index (χ2n) is 6.88. The van der Waals surface area contributed by atoms with E-state index in [1.54, 1.807) is 31.2 Å². The second-order valence-corrected chi connectivity index (χ2v) is 6.88. The zero-order valence-electron chi connectivity index (χ0n) is 16.4. The molecule has 0 aliphatic carbocycles. The van der Waals surface area contributed by atoms with Gasteiger partial charge in [-0.05, 0) is 42.7 Å². The molecule has 0 fully saturated rings. The lowest BCUT2D eigenvalue weighted by Gasteiger charge is -2.14. The van der Waals surface area contributed by atoms with E-state index in [-0.39, 0.29) is 18.1 Å². The van der Waals surface area contributed by atoms with Crippen molar-refractivity contribution in [3.63, 3.8) is 0 Å². The first-order valence-electron chi connectivity index (χ1n) is 9.26. The highest BCUT2D eigenvalue weighted by Gasteiger charge is 2.27. The number of rotatable bonds is 8. The van der Waals surface area contributed by atoms with Crippen LogP contribution in [-0.4, -0.2) is 31.3 Å². The predicted molar refractivity (Wildman–Crippen MR) is 108 cm³/mol. The van der Waals surface area contributed by atoms with Crippen molar-refractivity contribution in [3.05, 3.63) is 65.8 Å². The summed E-state index contributed by atoms with van der Waals surface area (Å²) in [6.07, 6.45) is 7.43. The van der Waals surface area contributed by atoms with Crippen LogP contribution in [0.25, 0.3) is 0 Å². The molecule has 4 nitrogen and oxygen atoms in total. The number of nitrogens with one attached hydrogen (secondary N) is 1. The summed E-state index contributed by atoms with van der Waals surface area (Å²) in [5.74, 6) is -2.53. The lowest BCUT2D eigenvalue weighted by molar-refractivity contribution is -0.114. The third-order valence-corrected chi connectivity index (χ3v) is 3.97. The van der Waals surface area contributed by atoms with E-state index in [1.807, 2.05) is 19.9 Å². The van der Waals surface area contributed by atoms with Gasteiger partial charge in [-0.3, -0.25) is 9.79 Å². The van der Waals surface area contributed by atoms with E-state index in [4.69, 9.17) is 4.74 Å². The molecular weight excluding hydrogens is 362 g/mol. The van der Waals surface area contributed by atoms with Gasteiger partial charge in [0.1, 0.15) is 18.1 Å². The van der Waals surface area contributed by atoms with Crippen LogP contribution >= 0.6 is 0 Å². The predicted octanol–water partition coefficient (Wildman–Crippen LogP) is 4.44. The second kappa shape index (κ2) is 9.97. The quantitative estimate of drug-likeness (QED) is 0.669. The number of hydrogen-bond acceptors (Lipinski definition) is 3. The summed E-state index contributed by atoms with van der Waals surface area (Å²) in [7, 11) is 0. The third kappa shape index (κ3) is 6.44. The van der Waals surface area contributed by atoms with Gasteiger partial charge in [-0.15, -0.1) is 0 Å². The summed E-state index contributed by atoms with van der Waals surface area (Å²) in [5.41, 5.74) is 1.06. The van der Waals surface area contributed by atoms with Crippen molar-refractivity contribution in [2.75, 3.05) is 19.7 Å². The van der Waals surface area contributed by atoms with Gasteiger partial charge in [0.05, 0.1) is 6.54 Å². The van der Waals surface area contributed by atoms with Gasteiger partial charge in [0.2, 0.25) is 0 Å². The number of aliphatic imine (C=N–C) groups is 1. The molecule has 28 heavy (non-hydrogen) atoms. The highest BCUT2D eigenvalue weighted by molar-refractivity contribution is 6.43. The summed E-state index contributed by atoms with van der Waals surface area (Å²) >= 11 is 0. The van der Waals surface area contributed by atoms with E-state index < -0.39 is 5.92 Å². The molecule has 1 aromatic rings. The number of nitrogens with zero attached hydrogens (tertiary/aromatic N) is 1. The van der Waals surface area contributed by atoms with E-state index in [2.05, 4.69) is 10.3 Å². The topological polar surface area (TPSA) is 50.7 Å². The fraction of sp³-hybridized carbons (Fsp3) is 0.364. The van der Waals surface area contributed by atoms with Gasteiger partial charge in [-0.25, -0.2) is 0 Å². The number of carbonyl (C=O) groups excluding carboxylic acids is 1. The summed E-state index contributed by atoms with van der Waals surface area (Å²) in [5, 5.41) is 2.83. The molecule has 2 rings (SSSR count). The van der Waals surface area contributed by atoms with Gasteiger partial charge in [0.25, 0.3) is 11.8 Å². The molecule has 1 heterocycles. The zero-order chi connectivity index (χ0) is 20.6. The van der Waals surface area contributed by atoms with Crippen molar-refractivity contribution in [3.8, 4) is 5.75 Å². The van der Waals surface area contributed by atoms with Gasteiger partial charge >= 0.3 is 0 Å². The molecule has 0 bridgehead atoms. The van der Waals surface area contributed by atoms with Gasteiger partial charge in [-0.1, -0.05) is 44.2 Å². The first-order chi connectivity index (χ1) is 13.3. The summed E-state index contributed by atoms with van der Waals surface area (Å²) in [6.45, 7) is 6.74. The number of alkyl halides is 2. The standard InChI is InChI=1S/C22H26F2N2O2/c1-4-11-22(23,24)18-6-5-7-19(13-18)28-15-17-8-9-20(25-12-10-17)21(27)26-14-16(2)3/h4-11,13,16H,12,14-15H2,1-3H3,(H,26,27)/b11-4+. The summed E-state index contributed by atoms with van der Waals surface area (Å²) in [4.78, 5) is 16.4. The molecule has 0 aromatic heterocycles. The average molecular weight is 388 g/mol. The zero-order valence-corrected chi connectivity index (χ0v) is 16.4. The Balaban J connectivity index is 1.96. The Morgan fingerprint density at radius 2 is 2.14 bits per heavy atom. The molecule has 1 N–H and O–H groups in total. The minimum absolute atomic E-state index is 0.124. The van der Waals surface area contributed by atoms with Crippen molar-refractivity contribution in [2.24, 2.45) is 10.9 Å². The molecule has 1 amide bonds. The Hall–Kier alpha value is -2.76. The van der Waals surface area contributed by atoms with Crippen LogP contribution in [0.3, 0.4) is 0 Å². The van der Waals surface area contributed by atoms with Gasteiger partial charge in [0, 0.05) is 12.1 Å². The fourth-order valence-corrected chi connectivity index (χ4v) is 2.48. The Labute approximate surface area is 164 Å².